The number of aryl methyl sites for hydroxylation is 1. The Balaban J connectivity index is 1.71. The number of likely N-dealkylation sites (tertiary alicyclic amines) is 1. The molecule has 1 amide bonds. The molecule has 1 aliphatic rings. The molecule has 1 aliphatic heterocycles. The van der Waals surface area contributed by atoms with Crippen molar-refractivity contribution in [1.82, 2.24) is 15.0 Å². The van der Waals surface area contributed by atoms with Crippen molar-refractivity contribution in [3.63, 3.8) is 0 Å². The van der Waals surface area contributed by atoms with Crippen LogP contribution >= 0.6 is 11.6 Å². The second-order valence-corrected chi connectivity index (χ2v) is 7.73. The minimum Gasteiger partial charge on any atom is -0.360 e. The fraction of sp³-hybridized carbons (Fsp3) is 0.500. The van der Waals surface area contributed by atoms with Gasteiger partial charge in [-0.3, -0.25) is 4.79 Å². The predicted octanol–water partition coefficient (Wildman–Crippen LogP) is 4.11. The SMILES string of the molecule is Cc1onc(-c2ccc(Cl)cc2)c1C(=O)N1CCC(CCN(C)C)CC1. The summed E-state index contributed by atoms with van der Waals surface area (Å²) in [4.78, 5) is 17.3. The van der Waals surface area contributed by atoms with Gasteiger partial charge in [-0.05, 0) is 64.9 Å². The summed E-state index contributed by atoms with van der Waals surface area (Å²) in [5.41, 5.74) is 2.01. The van der Waals surface area contributed by atoms with E-state index in [0.717, 1.165) is 38.0 Å². The van der Waals surface area contributed by atoms with Gasteiger partial charge in [-0.15, -0.1) is 0 Å². The molecule has 140 valence electrons. The number of carbonyl (C=O) groups is 1. The van der Waals surface area contributed by atoms with E-state index in [0.29, 0.717) is 28.0 Å². The van der Waals surface area contributed by atoms with Crippen molar-refractivity contribution < 1.29 is 9.32 Å². The number of carbonyl (C=O) groups excluding carboxylic acids is 1. The molecule has 0 spiro atoms. The predicted molar refractivity (Wildman–Crippen MR) is 103 cm³/mol. The Labute approximate surface area is 159 Å². The molecule has 2 aromatic rings. The molecule has 2 heterocycles. The maximum absolute atomic E-state index is 13.1. The maximum atomic E-state index is 13.1. The number of amides is 1. The van der Waals surface area contributed by atoms with Gasteiger partial charge in [0.2, 0.25) is 0 Å². The van der Waals surface area contributed by atoms with Crippen molar-refractivity contribution in [3.05, 3.63) is 40.6 Å². The van der Waals surface area contributed by atoms with Crippen LogP contribution in [0.1, 0.15) is 35.4 Å². The first-order chi connectivity index (χ1) is 12.5. The molecule has 26 heavy (non-hydrogen) atoms. The lowest BCUT2D eigenvalue weighted by atomic mass is 9.92. The number of benzene rings is 1. The van der Waals surface area contributed by atoms with Crippen molar-refractivity contribution in [2.45, 2.75) is 26.2 Å². The van der Waals surface area contributed by atoms with Crippen LogP contribution in [0.3, 0.4) is 0 Å². The van der Waals surface area contributed by atoms with Gasteiger partial charge in [0.05, 0.1) is 0 Å². The van der Waals surface area contributed by atoms with Gasteiger partial charge in [0.15, 0.2) is 0 Å². The van der Waals surface area contributed by atoms with Crippen LogP contribution in [0.2, 0.25) is 5.02 Å². The van der Waals surface area contributed by atoms with Gasteiger partial charge in [-0.2, -0.15) is 0 Å². The summed E-state index contributed by atoms with van der Waals surface area (Å²) in [6.07, 6.45) is 3.30. The Bertz CT molecular complexity index is 747. The lowest BCUT2D eigenvalue weighted by Gasteiger charge is -2.32. The van der Waals surface area contributed by atoms with Gasteiger partial charge in [0.25, 0.3) is 5.91 Å². The van der Waals surface area contributed by atoms with Gasteiger partial charge in [-0.25, -0.2) is 0 Å². The third-order valence-electron chi connectivity index (χ3n) is 5.08. The van der Waals surface area contributed by atoms with E-state index >= 15 is 0 Å². The summed E-state index contributed by atoms with van der Waals surface area (Å²) >= 11 is 5.97. The highest BCUT2D eigenvalue weighted by atomic mass is 35.5. The monoisotopic (exact) mass is 375 g/mol. The number of aromatic nitrogens is 1. The van der Waals surface area contributed by atoms with E-state index in [1.165, 1.54) is 6.42 Å². The molecule has 6 heteroatoms. The molecule has 1 fully saturated rings. The molecule has 0 bridgehead atoms. The Morgan fingerprint density at radius 1 is 1.27 bits per heavy atom. The van der Waals surface area contributed by atoms with Crippen LogP contribution in [0.25, 0.3) is 11.3 Å². The molecule has 5 nitrogen and oxygen atoms in total. The zero-order chi connectivity index (χ0) is 18.7. The quantitative estimate of drug-likeness (QED) is 0.789. The standard InChI is InChI=1S/C20H26ClN3O2/c1-14-18(19(22-26-14)16-4-6-17(21)7-5-16)20(25)24-12-9-15(10-13-24)8-11-23(2)3/h4-7,15H,8-13H2,1-3H3. The van der Waals surface area contributed by atoms with E-state index < -0.39 is 0 Å². The number of hydrogen-bond donors (Lipinski definition) is 0. The van der Waals surface area contributed by atoms with Gasteiger partial charge >= 0.3 is 0 Å². The van der Waals surface area contributed by atoms with E-state index in [2.05, 4.69) is 24.2 Å². The first kappa shape index (κ1) is 18.9. The molecular weight excluding hydrogens is 350 g/mol. The van der Waals surface area contributed by atoms with Crippen LogP contribution in [-0.2, 0) is 0 Å². The summed E-state index contributed by atoms with van der Waals surface area (Å²) < 4.78 is 5.34. The number of rotatable bonds is 5. The summed E-state index contributed by atoms with van der Waals surface area (Å²) in [6.45, 7) is 4.48. The van der Waals surface area contributed by atoms with Gasteiger partial charge < -0.3 is 14.3 Å². The highest BCUT2D eigenvalue weighted by Crippen LogP contribution is 2.29. The molecule has 0 N–H and O–H groups in total. The van der Waals surface area contributed by atoms with Crippen molar-refractivity contribution in [2.24, 2.45) is 5.92 Å². The Morgan fingerprint density at radius 3 is 2.54 bits per heavy atom. The lowest BCUT2D eigenvalue weighted by molar-refractivity contribution is 0.0682. The lowest BCUT2D eigenvalue weighted by Crippen LogP contribution is -2.39. The van der Waals surface area contributed by atoms with Crippen LogP contribution in [0.4, 0.5) is 0 Å². The van der Waals surface area contributed by atoms with Crippen LogP contribution in [-0.4, -0.2) is 54.6 Å². The fourth-order valence-electron chi connectivity index (χ4n) is 3.45. The van der Waals surface area contributed by atoms with E-state index in [9.17, 15) is 4.79 Å². The number of nitrogens with zero attached hydrogens (tertiary/aromatic N) is 3. The topological polar surface area (TPSA) is 49.6 Å². The number of hydrogen-bond acceptors (Lipinski definition) is 4. The number of halogens is 1. The fourth-order valence-corrected chi connectivity index (χ4v) is 3.58. The molecule has 3 rings (SSSR count). The van der Waals surface area contributed by atoms with Crippen LogP contribution in [0.15, 0.2) is 28.8 Å². The minimum absolute atomic E-state index is 0.0137. The Morgan fingerprint density at radius 2 is 1.92 bits per heavy atom. The summed E-state index contributed by atoms with van der Waals surface area (Å²) in [5, 5.41) is 4.78. The molecule has 0 aliphatic carbocycles. The van der Waals surface area contributed by atoms with E-state index in [4.69, 9.17) is 16.1 Å². The average molecular weight is 376 g/mol. The van der Waals surface area contributed by atoms with Gasteiger partial charge in [0, 0.05) is 23.7 Å². The van der Waals surface area contributed by atoms with Crippen molar-refractivity contribution in [1.29, 1.82) is 0 Å². The Kier molecular flexibility index (Phi) is 5.99. The summed E-state index contributed by atoms with van der Waals surface area (Å²) in [5.74, 6) is 1.27. The molecular formula is C20H26ClN3O2. The minimum atomic E-state index is 0.0137. The van der Waals surface area contributed by atoms with Crippen molar-refractivity contribution >= 4 is 17.5 Å². The van der Waals surface area contributed by atoms with E-state index in [1.54, 1.807) is 19.1 Å². The molecule has 0 unspecified atom stereocenters. The van der Waals surface area contributed by atoms with Crippen LogP contribution in [0, 0.1) is 12.8 Å². The van der Waals surface area contributed by atoms with Crippen molar-refractivity contribution in [2.75, 3.05) is 33.7 Å². The average Bonchev–Trinajstić information content (AvgIpc) is 3.02. The molecule has 0 saturated carbocycles. The second kappa shape index (κ2) is 8.23. The second-order valence-electron chi connectivity index (χ2n) is 7.30. The normalized spacial score (nSPS) is 15.7. The Hall–Kier alpha value is -1.85. The molecule has 1 saturated heterocycles. The van der Waals surface area contributed by atoms with Crippen LogP contribution in [0.5, 0.6) is 0 Å². The number of piperidine rings is 1. The molecule has 0 atom stereocenters. The smallest absolute Gasteiger partial charge is 0.259 e. The highest BCUT2D eigenvalue weighted by Gasteiger charge is 2.29. The first-order valence-electron chi connectivity index (χ1n) is 9.12. The third-order valence-corrected chi connectivity index (χ3v) is 5.33. The molecule has 0 radical (unpaired) electrons. The molecule has 1 aromatic carbocycles. The van der Waals surface area contributed by atoms with Crippen LogP contribution < -0.4 is 0 Å². The summed E-state index contributed by atoms with van der Waals surface area (Å²) in [6, 6.07) is 7.32. The van der Waals surface area contributed by atoms with E-state index in [-0.39, 0.29) is 5.91 Å². The summed E-state index contributed by atoms with van der Waals surface area (Å²) in [7, 11) is 4.21. The third kappa shape index (κ3) is 4.27. The zero-order valence-corrected chi connectivity index (χ0v) is 16.4. The van der Waals surface area contributed by atoms with E-state index in [1.807, 2.05) is 17.0 Å². The zero-order valence-electron chi connectivity index (χ0n) is 15.7. The van der Waals surface area contributed by atoms with Gasteiger partial charge in [0.1, 0.15) is 17.0 Å². The highest BCUT2D eigenvalue weighted by molar-refractivity contribution is 6.30. The van der Waals surface area contributed by atoms with Crippen molar-refractivity contribution in [3.8, 4) is 11.3 Å². The van der Waals surface area contributed by atoms with Gasteiger partial charge in [-0.1, -0.05) is 28.9 Å². The first-order valence-corrected chi connectivity index (χ1v) is 9.49. The maximum Gasteiger partial charge on any atom is 0.259 e. The molecule has 1 aromatic heterocycles. The largest absolute Gasteiger partial charge is 0.360 e.